The number of carbonyl (C=O) groups excluding carboxylic acids is 1. The fraction of sp³-hybridized carbons (Fsp3) is 0.391. The predicted molar refractivity (Wildman–Crippen MR) is 118 cm³/mol. The predicted octanol–water partition coefficient (Wildman–Crippen LogP) is 5.22. The van der Waals surface area contributed by atoms with Gasteiger partial charge in [0.2, 0.25) is 0 Å². The van der Waals surface area contributed by atoms with Crippen molar-refractivity contribution < 1.29 is 19.4 Å². The third kappa shape index (κ3) is 4.87. The first kappa shape index (κ1) is 22.0. The molecule has 0 bridgehead atoms. The summed E-state index contributed by atoms with van der Waals surface area (Å²) >= 11 is 5.89. The van der Waals surface area contributed by atoms with Gasteiger partial charge in [-0.05, 0) is 75.1 Å². The first-order chi connectivity index (χ1) is 14.1. The lowest BCUT2D eigenvalue weighted by molar-refractivity contribution is -0.152. The lowest BCUT2D eigenvalue weighted by Crippen LogP contribution is -2.38. The van der Waals surface area contributed by atoms with E-state index in [1.165, 1.54) is 13.8 Å². The van der Waals surface area contributed by atoms with Crippen LogP contribution < -0.4 is 10.1 Å². The van der Waals surface area contributed by atoms with E-state index in [0.717, 1.165) is 23.1 Å². The number of carboxylic acids is 1. The number of anilines is 1. The Bertz CT molecular complexity index is 933. The molecule has 160 valence electrons. The fourth-order valence-corrected chi connectivity index (χ4v) is 3.76. The molecule has 0 saturated carbocycles. The van der Waals surface area contributed by atoms with Gasteiger partial charge in [-0.1, -0.05) is 23.7 Å². The number of nitrogens with zero attached hydrogens (tertiary/aromatic N) is 1. The number of ether oxygens (including phenoxy) is 1. The second-order valence-electron chi connectivity index (χ2n) is 8.27. The minimum atomic E-state index is -1.30. The Balaban J connectivity index is 1.69. The number of aryl methyl sites for hydroxylation is 2. The molecule has 6 nitrogen and oxygen atoms in total. The van der Waals surface area contributed by atoms with Crippen molar-refractivity contribution >= 4 is 29.3 Å². The molecule has 2 aromatic carbocycles. The van der Waals surface area contributed by atoms with Gasteiger partial charge in [-0.3, -0.25) is 0 Å². The zero-order chi connectivity index (χ0) is 22.1. The molecule has 1 atom stereocenters. The maximum atomic E-state index is 12.6. The van der Waals surface area contributed by atoms with Crippen molar-refractivity contribution in [3.63, 3.8) is 0 Å². The Labute approximate surface area is 181 Å². The van der Waals surface area contributed by atoms with Gasteiger partial charge in [-0.25, -0.2) is 9.59 Å². The van der Waals surface area contributed by atoms with Crippen LogP contribution in [0.15, 0.2) is 36.4 Å². The van der Waals surface area contributed by atoms with E-state index in [2.05, 4.69) is 5.32 Å². The molecular formula is C23H27ClN2O4. The first-order valence-electron chi connectivity index (χ1n) is 9.92. The van der Waals surface area contributed by atoms with Crippen LogP contribution in [0.5, 0.6) is 5.75 Å². The van der Waals surface area contributed by atoms with Crippen LogP contribution in [0.2, 0.25) is 5.02 Å². The van der Waals surface area contributed by atoms with Gasteiger partial charge < -0.3 is 20.1 Å². The Morgan fingerprint density at radius 2 is 1.77 bits per heavy atom. The number of hydrogen-bond acceptors (Lipinski definition) is 3. The molecule has 0 aliphatic carbocycles. The monoisotopic (exact) mass is 430 g/mol. The molecular weight excluding hydrogens is 404 g/mol. The number of aliphatic carboxylic acids is 1. The minimum absolute atomic E-state index is 0.128. The number of rotatable bonds is 5. The number of carbonyl (C=O) groups is 2. The van der Waals surface area contributed by atoms with Gasteiger partial charge in [0.1, 0.15) is 5.75 Å². The summed E-state index contributed by atoms with van der Waals surface area (Å²) in [5.41, 5.74) is 2.32. The van der Waals surface area contributed by atoms with Gasteiger partial charge in [-0.15, -0.1) is 0 Å². The standard InChI is InChI=1S/C23H27ClN2O4/c1-14-11-17(12-15(2)20(14)30-23(3,4)21(27)28)16-9-10-26(13-16)22(29)25-19-7-5-18(24)6-8-19/h5-8,11-12,16H,9-10,13H2,1-4H3,(H,25,29)(H,27,28). The zero-order valence-corrected chi connectivity index (χ0v) is 18.4. The molecule has 2 aromatic rings. The first-order valence-corrected chi connectivity index (χ1v) is 10.3. The lowest BCUT2D eigenvalue weighted by Gasteiger charge is -2.25. The molecule has 0 aromatic heterocycles. The number of hydrogen-bond donors (Lipinski definition) is 2. The number of amides is 2. The largest absolute Gasteiger partial charge is 0.478 e. The van der Waals surface area contributed by atoms with E-state index in [-0.39, 0.29) is 11.9 Å². The van der Waals surface area contributed by atoms with E-state index in [1.54, 1.807) is 24.3 Å². The van der Waals surface area contributed by atoms with E-state index < -0.39 is 11.6 Å². The second-order valence-corrected chi connectivity index (χ2v) is 8.71. The summed E-state index contributed by atoms with van der Waals surface area (Å²) < 4.78 is 5.79. The molecule has 1 unspecified atom stereocenters. The fourth-order valence-electron chi connectivity index (χ4n) is 3.63. The van der Waals surface area contributed by atoms with Crippen LogP contribution in [0, 0.1) is 13.8 Å². The average Bonchev–Trinajstić information content (AvgIpc) is 3.16. The van der Waals surface area contributed by atoms with Gasteiger partial charge in [0.15, 0.2) is 5.60 Å². The Kier molecular flexibility index (Phi) is 6.27. The molecule has 7 heteroatoms. The summed E-state index contributed by atoms with van der Waals surface area (Å²) in [6.07, 6.45) is 0.869. The average molecular weight is 431 g/mol. The number of nitrogens with one attached hydrogen (secondary N) is 1. The highest BCUT2D eigenvalue weighted by atomic mass is 35.5. The molecule has 3 rings (SSSR count). The molecule has 0 spiro atoms. The molecule has 1 aliphatic rings. The molecule has 2 N–H and O–H groups in total. The van der Waals surface area contributed by atoms with Gasteiger partial charge in [-0.2, -0.15) is 0 Å². The van der Waals surface area contributed by atoms with Crippen molar-refractivity contribution in [1.29, 1.82) is 0 Å². The molecule has 1 fully saturated rings. The third-order valence-electron chi connectivity index (χ3n) is 5.40. The summed E-state index contributed by atoms with van der Waals surface area (Å²) in [4.78, 5) is 25.8. The number of likely N-dealkylation sites (tertiary alicyclic amines) is 1. The number of carboxylic acid groups (broad SMARTS) is 1. The Hall–Kier alpha value is -2.73. The van der Waals surface area contributed by atoms with Crippen LogP contribution >= 0.6 is 11.6 Å². The van der Waals surface area contributed by atoms with Crippen LogP contribution in [-0.2, 0) is 4.79 Å². The summed E-state index contributed by atoms with van der Waals surface area (Å²) in [5, 5.41) is 12.9. The van der Waals surface area contributed by atoms with Gasteiger partial charge in [0, 0.05) is 29.7 Å². The highest BCUT2D eigenvalue weighted by Crippen LogP contribution is 2.34. The van der Waals surface area contributed by atoms with Crippen LogP contribution in [0.25, 0.3) is 0 Å². The van der Waals surface area contributed by atoms with Crippen molar-refractivity contribution in [2.75, 3.05) is 18.4 Å². The molecule has 0 radical (unpaired) electrons. The molecule has 2 amide bonds. The van der Waals surface area contributed by atoms with Gasteiger partial charge >= 0.3 is 12.0 Å². The van der Waals surface area contributed by atoms with E-state index in [9.17, 15) is 14.7 Å². The lowest BCUT2D eigenvalue weighted by atomic mass is 9.94. The molecule has 1 heterocycles. The SMILES string of the molecule is Cc1cc(C2CCN(C(=O)Nc3ccc(Cl)cc3)C2)cc(C)c1OC(C)(C)C(=O)O. The second kappa shape index (κ2) is 8.56. The third-order valence-corrected chi connectivity index (χ3v) is 5.65. The van der Waals surface area contributed by atoms with E-state index in [4.69, 9.17) is 16.3 Å². The van der Waals surface area contributed by atoms with Crippen molar-refractivity contribution in [3.8, 4) is 5.75 Å². The molecule has 1 aliphatic heterocycles. The normalized spacial score (nSPS) is 16.4. The van der Waals surface area contributed by atoms with Gasteiger partial charge in [0.05, 0.1) is 0 Å². The summed E-state index contributed by atoms with van der Waals surface area (Å²) in [7, 11) is 0. The topological polar surface area (TPSA) is 78.9 Å². The summed E-state index contributed by atoms with van der Waals surface area (Å²) in [5.74, 6) is -0.190. The Morgan fingerprint density at radius 1 is 1.17 bits per heavy atom. The van der Waals surface area contributed by atoms with Crippen LogP contribution in [0.3, 0.4) is 0 Å². The number of urea groups is 1. The maximum Gasteiger partial charge on any atom is 0.347 e. The summed E-state index contributed by atoms with van der Waals surface area (Å²) in [6.45, 7) is 8.21. The van der Waals surface area contributed by atoms with Crippen molar-refractivity contribution in [2.45, 2.75) is 45.6 Å². The van der Waals surface area contributed by atoms with Crippen molar-refractivity contribution in [1.82, 2.24) is 4.90 Å². The zero-order valence-electron chi connectivity index (χ0n) is 17.7. The van der Waals surface area contributed by atoms with Gasteiger partial charge in [0.25, 0.3) is 0 Å². The van der Waals surface area contributed by atoms with Crippen molar-refractivity contribution in [3.05, 3.63) is 58.1 Å². The van der Waals surface area contributed by atoms with Crippen molar-refractivity contribution in [2.24, 2.45) is 0 Å². The molecule has 1 saturated heterocycles. The van der Waals surface area contributed by atoms with E-state index in [0.29, 0.717) is 29.5 Å². The number of halogens is 1. The highest BCUT2D eigenvalue weighted by Gasteiger charge is 2.32. The van der Waals surface area contributed by atoms with Crippen LogP contribution in [0.4, 0.5) is 10.5 Å². The number of benzene rings is 2. The van der Waals surface area contributed by atoms with E-state index >= 15 is 0 Å². The quantitative estimate of drug-likeness (QED) is 0.681. The smallest absolute Gasteiger partial charge is 0.347 e. The minimum Gasteiger partial charge on any atom is -0.478 e. The molecule has 30 heavy (non-hydrogen) atoms. The maximum absolute atomic E-state index is 12.6. The van der Waals surface area contributed by atoms with Crippen LogP contribution in [-0.4, -0.2) is 40.7 Å². The van der Waals surface area contributed by atoms with Crippen LogP contribution in [0.1, 0.15) is 42.9 Å². The Morgan fingerprint density at radius 3 is 2.33 bits per heavy atom. The highest BCUT2D eigenvalue weighted by molar-refractivity contribution is 6.30. The summed E-state index contributed by atoms with van der Waals surface area (Å²) in [6, 6.07) is 11.0. The van der Waals surface area contributed by atoms with E-state index in [1.807, 2.05) is 30.9 Å².